The van der Waals surface area contributed by atoms with Crippen LogP contribution in [0.1, 0.15) is 20.7 Å². The molecular weight excluding hydrogens is 340 g/mol. The van der Waals surface area contributed by atoms with Crippen LogP contribution in [-0.4, -0.2) is 24.7 Å². The number of Topliss-reactive ketones (excluding diaryl/α,β-unsaturated/α-hetero) is 2. The van der Waals surface area contributed by atoms with Gasteiger partial charge < -0.3 is 4.74 Å². The molecule has 0 aliphatic carbocycles. The van der Waals surface area contributed by atoms with Gasteiger partial charge in [0.25, 0.3) is 0 Å². The van der Waals surface area contributed by atoms with Crippen LogP contribution in [-0.2, 0) is 0 Å². The molecular formula is C22H18N2O3. The number of nitrogens with zero attached hydrogens (tertiary/aromatic N) is 2. The van der Waals surface area contributed by atoms with Gasteiger partial charge in [-0.05, 0) is 12.1 Å². The minimum absolute atomic E-state index is 0.393. The monoisotopic (exact) mass is 358 g/mol. The summed E-state index contributed by atoms with van der Waals surface area (Å²) in [7, 11) is 1.55. The summed E-state index contributed by atoms with van der Waals surface area (Å²) in [6, 6.07) is 22.9. The summed E-state index contributed by atoms with van der Waals surface area (Å²) in [6.45, 7) is 0. The molecule has 0 spiro atoms. The van der Waals surface area contributed by atoms with E-state index in [0.29, 0.717) is 22.6 Å². The minimum Gasteiger partial charge on any atom is -0.497 e. The van der Waals surface area contributed by atoms with Crippen molar-refractivity contribution in [1.82, 2.24) is 0 Å². The Hall–Kier alpha value is -3.60. The van der Waals surface area contributed by atoms with Crippen LogP contribution >= 0.6 is 0 Å². The number of hydrogen-bond donors (Lipinski definition) is 0. The van der Waals surface area contributed by atoms with Gasteiger partial charge in [-0.1, -0.05) is 66.7 Å². The van der Waals surface area contributed by atoms with Crippen LogP contribution in [0, 0.1) is 0 Å². The van der Waals surface area contributed by atoms with Crippen molar-refractivity contribution in [2.24, 2.45) is 10.2 Å². The zero-order chi connectivity index (χ0) is 19.1. The fourth-order valence-electron chi connectivity index (χ4n) is 2.54. The van der Waals surface area contributed by atoms with Gasteiger partial charge in [0.1, 0.15) is 5.75 Å². The van der Waals surface area contributed by atoms with Crippen LogP contribution in [0.4, 0.5) is 5.69 Å². The first-order valence-corrected chi connectivity index (χ1v) is 8.42. The molecule has 0 aliphatic rings. The van der Waals surface area contributed by atoms with Gasteiger partial charge in [-0.15, -0.1) is 0 Å². The van der Waals surface area contributed by atoms with E-state index in [0.717, 1.165) is 0 Å². The Bertz CT molecular complexity index is 902. The molecule has 3 aromatic rings. The quantitative estimate of drug-likeness (QED) is 0.342. The van der Waals surface area contributed by atoms with E-state index in [4.69, 9.17) is 4.74 Å². The molecule has 0 N–H and O–H groups in total. The Balaban J connectivity index is 1.95. The van der Waals surface area contributed by atoms with E-state index in [-0.39, 0.29) is 0 Å². The first-order valence-electron chi connectivity index (χ1n) is 8.42. The highest BCUT2D eigenvalue weighted by Gasteiger charge is 2.28. The summed E-state index contributed by atoms with van der Waals surface area (Å²) in [5.41, 5.74) is 1.33. The SMILES string of the molecule is COc1cccc(N=NC(C(=O)c2ccccc2)C(=O)c2ccccc2)c1. The number of methoxy groups -OCH3 is 1. The van der Waals surface area contributed by atoms with Crippen molar-refractivity contribution in [2.75, 3.05) is 7.11 Å². The van der Waals surface area contributed by atoms with E-state index in [9.17, 15) is 9.59 Å². The summed E-state index contributed by atoms with van der Waals surface area (Å²) in [5.74, 6) is -0.168. The zero-order valence-corrected chi connectivity index (χ0v) is 14.8. The number of carbonyl (C=O) groups excluding carboxylic acids is 2. The third-order valence-electron chi connectivity index (χ3n) is 3.96. The van der Waals surface area contributed by atoms with Gasteiger partial charge in [-0.2, -0.15) is 10.2 Å². The molecule has 3 rings (SSSR count). The maximum Gasteiger partial charge on any atom is 0.197 e. The largest absolute Gasteiger partial charge is 0.497 e. The molecule has 27 heavy (non-hydrogen) atoms. The maximum absolute atomic E-state index is 12.9. The number of carbonyl (C=O) groups is 2. The zero-order valence-electron chi connectivity index (χ0n) is 14.8. The van der Waals surface area contributed by atoms with E-state index < -0.39 is 17.6 Å². The summed E-state index contributed by atoms with van der Waals surface area (Å²) >= 11 is 0. The van der Waals surface area contributed by atoms with Gasteiger partial charge in [-0.3, -0.25) is 9.59 Å². The number of hydrogen-bond acceptors (Lipinski definition) is 5. The molecule has 134 valence electrons. The lowest BCUT2D eigenvalue weighted by Crippen LogP contribution is -2.28. The van der Waals surface area contributed by atoms with Crippen LogP contribution in [0.5, 0.6) is 5.75 Å². The minimum atomic E-state index is -1.25. The van der Waals surface area contributed by atoms with Crippen molar-refractivity contribution in [3.8, 4) is 5.75 Å². The van der Waals surface area contributed by atoms with Gasteiger partial charge in [0.15, 0.2) is 17.6 Å². The van der Waals surface area contributed by atoms with Crippen LogP contribution in [0.2, 0.25) is 0 Å². The average Bonchev–Trinajstić information content (AvgIpc) is 2.75. The summed E-state index contributed by atoms with van der Waals surface area (Å²) < 4.78 is 5.16. The first-order chi connectivity index (χ1) is 13.2. The fourth-order valence-corrected chi connectivity index (χ4v) is 2.54. The van der Waals surface area contributed by atoms with Crippen LogP contribution in [0.15, 0.2) is 95.2 Å². The van der Waals surface area contributed by atoms with Crippen molar-refractivity contribution < 1.29 is 14.3 Å². The Morgan fingerprint density at radius 1 is 0.778 bits per heavy atom. The molecule has 5 nitrogen and oxygen atoms in total. The van der Waals surface area contributed by atoms with Crippen molar-refractivity contribution in [2.45, 2.75) is 6.04 Å². The van der Waals surface area contributed by atoms with Crippen LogP contribution in [0.3, 0.4) is 0 Å². The molecule has 5 heteroatoms. The highest BCUT2D eigenvalue weighted by molar-refractivity contribution is 6.19. The predicted octanol–water partition coefficient (Wildman–Crippen LogP) is 4.91. The molecule has 0 bridgehead atoms. The van der Waals surface area contributed by atoms with E-state index in [1.807, 2.05) is 12.1 Å². The Labute approximate surface area is 157 Å². The predicted molar refractivity (Wildman–Crippen MR) is 103 cm³/mol. The second-order valence-electron chi connectivity index (χ2n) is 5.78. The Morgan fingerprint density at radius 3 is 1.85 bits per heavy atom. The molecule has 0 saturated carbocycles. The number of ether oxygens (including phenoxy) is 1. The maximum atomic E-state index is 12.9. The molecule has 0 atom stereocenters. The third kappa shape index (κ3) is 4.52. The molecule has 0 unspecified atom stereocenters. The lowest BCUT2D eigenvalue weighted by molar-refractivity contribution is 0.0861. The molecule has 0 aromatic heterocycles. The fraction of sp³-hybridized carbons (Fsp3) is 0.0909. The summed E-state index contributed by atoms with van der Waals surface area (Å²) in [5, 5.41) is 8.20. The van der Waals surface area contributed by atoms with Gasteiger partial charge in [0.2, 0.25) is 0 Å². The number of ketones is 2. The van der Waals surface area contributed by atoms with Gasteiger partial charge in [0, 0.05) is 17.2 Å². The summed E-state index contributed by atoms with van der Waals surface area (Å²) in [6.07, 6.45) is 0. The van der Waals surface area contributed by atoms with Crippen molar-refractivity contribution in [3.63, 3.8) is 0 Å². The van der Waals surface area contributed by atoms with E-state index in [2.05, 4.69) is 10.2 Å². The van der Waals surface area contributed by atoms with Crippen molar-refractivity contribution in [3.05, 3.63) is 96.1 Å². The topological polar surface area (TPSA) is 68.1 Å². The van der Waals surface area contributed by atoms with E-state index >= 15 is 0 Å². The molecule has 0 amide bonds. The van der Waals surface area contributed by atoms with Gasteiger partial charge >= 0.3 is 0 Å². The highest BCUT2D eigenvalue weighted by Crippen LogP contribution is 2.21. The number of azo groups is 1. The first kappa shape index (κ1) is 18.2. The number of benzene rings is 3. The molecule has 3 aromatic carbocycles. The average molecular weight is 358 g/mol. The second-order valence-corrected chi connectivity index (χ2v) is 5.78. The lowest BCUT2D eigenvalue weighted by atomic mass is 9.97. The standard InChI is InChI=1S/C22H18N2O3/c1-27-19-14-8-13-18(15-19)23-24-20(21(25)16-9-4-2-5-10-16)22(26)17-11-6-3-7-12-17/h2-15,20H,1H3. The van der Waals surface area contributed by atoms with Crippen molar-refractivity contribution >= 4 is 17.3 Å². The molecule has 0 fully saturated rings. The van der Waals surface area contributed by atoms with E-state index in [1.54, 1.807) is 79.9 Å². The van der Waals surface area contributed by atoms with Gasteiger partial charge in [0.05, 0.1) is 12.8 Å². The smallest absolute Gasteiger partial charge is 0.197 e. The van der Waals surface area contributed by atoms with Gasteiger partial charge in [-0.25, -0.2) is 0 Å². The Kier molecular flexibility index (Phi) is 5.84. The third-order valence-corrected chi connectivity index (χ3v) is 3.96. The van der Waals surface area contributed by atoms with Crippen LogP contribution < -0.4 is 4.74 Å². The number of rotatable bonds is 7. The molecule has 0 heterocycles. The highest BCUT2D eigenvalue weighted by atomic mass is 16.5. The molecule has 0 radical (unpaired) electrons. The van der Waals surface area contributed by atoms with E-state index in [1.165, 1.54) is 0 Å². The Morgan fingerprint density at radius 2 is 1.33 bits per heavy atom. The lowest BCUT2D eigenvalue weighted by Gasteiger charge is -2.10. The summed E-state index contributed by atoms with van der Waals surface area (Å²) in [4.78, 5) is 25.8. The molecule has 0 saturated heterocycles. The van der Waals surface area contributed by atoms with Crippen molar-refractivity contribution in [1.29, 1.82) is 0 Å². The second kappa shape index (κ2) is 8.67. The van der Waals surface area contributed by atoms with Crippen LogP contribution in [0.25, 0.3) is 0 Å². The molecule has 0 aliphatic heterocycles. The normalized spacial score (nSPS) is 10.9.